The number of thioether (sulfide) groups is 1. The molecule has 1 aliphatic rings. The summed E-state index contributed by atoms with van der Waals surface area (Å²) < 4.78 is 0. The minimum Gasteiger partial charge on any atom is -0.356 e. The zero-order valence-electron chi connectivity index (χ0n) is 8.12. The highest BCUT2D eigenvalue weighted by Gasteiger charge is 2.28. The third kappa shape index (κ3) is 1.64. The van der Waals surface area contributed by atoms with E-state index < -0.39 is 0 Å². The number of likely N-dealkylation sites (N-methyl/N-ethyl adjacent to an activating group) is 1. The van der Waals surface area contributed by atoms with Crippen LogP contribution in [0.25, 0.3) is 0 Å². The fraction of sp³-hybridized carbons (Fsp3) is 0.364. The van der Waals surface area contributed by atoms with Crippen molar-refractivity contribution in [3.05, 3.63) is 29.8 Å². The summed E-state index contributed by atoms with van der Waals surface area (Å²) in [6.45, 7) is 2.66. The molecule has 0 aliphatic carbocycles. The number of carbonyl (C=O) groups excluding carboxylic acids is 1. The molecule has 1 aromatic carbocycles. The van der Waals surface area contributed by atoms with Crippen LogP contribution in [0.2, 0.25) is 0 Å². The summed E-state index contributed by atoms with van der Waals surface area (Å²) in [5.41, 5.74) is 1.18. The summed E-state index contributed by atoms with van der Waals surface area (Å²) in [5.74, 6) is 1.09. The van der Waals surface area contributed by atoms with Crippen molar-refractivity contribution in [2.75, 3.05) is 12.3 Å². The second kappa shape index (κ2) is 4.05. The minimum atomic E-state index is 0.0520. The highest BCUT2D eigenvalue weighted by molar-refractivity contribution is 7.99. The van der Waals surface area contributed by atoms with Gasteiger partial charge in [-0.05, 0) is 18.6 Å². The summed E-state index contributed by atoms with van der Waals surface area (Å²) in [4.78, 5) is 12.9. The van der Waals surface area contributed by atoms with Gasteiger partial charge in [-0.25, -0.2) is 0 Å². The summed E-state index contributed by atoms with van der Waals surface area (Å²) in [5, 5.41) is 2.88. The van der Waals surface area contributed by atoms with Gasteiger partial charge in [0.15, 0.2) is 0 Å². The minimum absolute atomic E-state index is 0.0520. The van der Waals surface area contributed by atoms with Gasteiger partial charge in [-0.2, -0.15) is 0 Å². The Morgan fingerprint density at radius 3 is 3.14 bits per heavy atom. The molecule has 0 aromatic heterocycles. The standard InChI is InChI=1S/C11H13NOS/c1-2-12-11(13)9-7-14-10-6-4-3-5-8(9)10/h3-6,9H,2,7H2,1H3,(H,12,13). The van der Waals surface area contributed by atoms with Crippen LogP contribution in [0.4, 0.5) is 0 Å². The Balaban J connectivity index is 2.21. The van der Waals surface area contributed by atoms with E-state index in [4.69, 9.17) is 0 Å². The summed E-state index contributed by atoms with van der Waals surface area (Å²) in [6, 6.07) is 8.15. The zero-order chi connectivity index (χ0) is 9.97. The van der Waals surface area contributed by atoms with Crippen LogP contribution in [0.15, 0.2) is 29.2 Å². The molecule has 1 aliphatic heterocycles. The van der Waals surface area contributed by atoms with Crippen molar-refractivity contribution in [1.29, 1.82) is 0 Å². The van der Waals surface area contributed by atoms with Gasteiger partial charge < -0.3 is 5.32 Å². The summed E-state index contributed by atoms with van der Waals surface area (Å²) in [7, 11) is 0. The van der Waals surface area contributed by atoms with Gasteiger partial charge in [0.2, 0.25) is 5.91 Å². The molecule has 1 unspecified atom stereocenters. The number of amides is 1. The molecule has 1 amide bonds. The van der Waals surface area contributed by atoms with Crippen LogP contribution in [0.5, 0.6) is 0 Å². The van der Waals surface area contributed by atoms with Gasteiger partial charge in [0.1, 0.15) is 0 Å². The molecule has 0 saturated carbocycles. The molecule has 1 N–H and O–H groups in total. The monoisotopic (exact) mass is 207 g/mol. The molecular formula is C11H13NOS. The second-order valence-electron chi connectivity index (χ2n) is 3.30. The lowest BCUT2D eigenvalue weighted by Gasteiger charge is -2.09. The van der Waals surface area contributed by atoms with Gasteiger partial charge in [-0.3, -0.25) is 4.79 Å². The van der Waals surface area contributed by atoms with Crippen molar-refractivity contribution in [2.24, 2.45) is 0 Å². The van der Waals surface area contributed by atoms with Crippen molar-refractivity contribution in [3.8, 4) is 0 Å². The number of hydrogen-bond donors (Lipinski definition) is 1. The molecule has 1 heterocycles. The second-order valence-corrected chi connectivity index (χ2v) is 4.36. The van der Waals surface area contributed by atoms with Crippen molar-refractivity contribution < 1.29 is 4.79 Å². The quantitative estimate of drug-likeness (QED) is 0.803. The van der Waals surface area contributed by atoms with E-state index in [1.807, 2.05) is 19.1 Å². The van der Waals surface area contributed by atoms with Crippen LogP contribution >= 0.6 is 11.8 Å². The van der Waals surface area contributed by atoms with Gasteiger partial charge in [-0.15, -0.1) is 11.8 Å². The average Bonchev–Trinajstić information content (AvgIpc) is 2.61. The fourth-order valence-electron chi connectivity index (χ4n) is 1.68. The maximum Gasteiger partial charge on any atom is 0.228 e. The molecule has 2 nitrogen and oxygen atoms in total. The summed E-state index contributed by atoms with van der Waals surface area (Å²) >= 11 is 1.77. The van der Waals surface area contributed by atoms with Crippen molar-refractivity contribution in [3.63, 3.8) is 0 Å². The van der Waals surface area contributed by atoms with Gasteiger partial charge in [0.25, 0.3) is 0 Å². The lowest BCUT2D eigenvalue weighted by molar-refractivity contribution is -0.121. The summed E-state index contributed by atoms with van der Waals surface area (Å²) in [6.07, 6.45) is 0. The highest BCUT2D eigenvalue weighted by atomic mass is 32.2. The van der Waals surface area contributed by atoms with Crippen LogP contribution in [0, 0.1) is 0 Å². The number of carbonyl (C=O) groups is 1. The van der Waals surface area contributed by atoms with Crippen LogP contribution < -0.4 is 5.32 Å². The van der Waals surface area contributed by atoms with Crippen LogP contribution in [-0.2, 0) is 4.79 Å². The Morgan fingerprint density at radius 2 is 2.36 bits per heavy atom. The predicted octanol–water partition coefficient (Wildman–Crippen LogP) is 2.01. The van der Waals surface area contributed by atoms with Crippen LogP contribution in [0.1, 0.15) is 18.4 Å². The lowest BCUT2D eigenvalue weighted by atomic mass is 10.0. The fourth-order valence-corrected chi connectivity index (χ4v) is 2.91. The van der Waals surface area contributed by atoms with E-state index >= 15 is 0 Å². The first-order valence-electron chi connectivity index (χ1n) is 4.82. The number of nitrogens with one attached hydrogen (secondary N) is 1. The number of hydrogen-bond acceptors (Lipinski definition) is 2. The van der Waals surface area contributed by atoms with Crippen LogP contribution in [-0.4, -0.2) is 18.2 Å². The Labute approximate surface area is 88.1 Å². The van der Waals surface area contributed by atoms with E-state index in [-0.39, 0.29) is 11.8 Å². The van der Waals surface area contributed by atoms with E-state index in [0.717, 1.165) is 5.75 Å². The molecular weight excluding hydrogens is 194 g/mol. The van der Waals surface area contributed by atoms with E-state index in [1.54, 1.807) is 11.8 Å². The molecule has 2 rings (SSSR count). The smallest absolute Gasteiger partial charge is 0.228 e. The molecule has 0 spiro atoms. The lowest BCUT2D eigenvalue weighted by Crippen LogP contribution is -2.29. The van der Waals surface area contributed by atoms with Gasteiger partial charge in [0.05, 0.1) is 5.92 Å². The van der Waals surface area contributed by atoms with E-state index in [9.17, 15) is 4.79 Å². The third-order valence-corrected chi connectivity index (χ3v) is 3.55. The Morgan fingerprint density at radius 1 is 1.57 bits per heavy atom. The zero-order valence-corrected chi connectivity index (χ0v) is 8.93. The number of benzene rings is 1. The molecule has 0 bridgehead atoms. The Hall–Kier alpha value is -0.960. The maximum atomic E-state index is 11.7. The maximum absolute atomic E-state index is 11.7. The van der Waals surface area contributed by atoms with Crippen molar-refractivity contribution >= 4 is 17.7 Å². The first kappa shape index (κ1) is 9.59. The van der Waals surface area contributed by atoms with Gasteiger partial charge in [-0.1, -0.05) is 18.2 Å². The normalized spacial score (nSPS) is 19.1. The first-order chi connectivity index (χ1) is 6.83. The predicted molar refractivity (Wildman–Crippen MR) is 58.6 cm³/mol. The van der Waals surface area contributed by atoms with Gasteiger partial charge >= 0.3 is 0 Å². The molecule has 74 valence electrons. The molecule has 0 radical (unpaired) electrons. The molecule has 1 aromatic rings. The number of rotatable bonds is 2. The van der Waals surface area contributed by atoms with Crippen molar-refractivity contribution in [2.45, 2.75) is 17.7 Å². The highest BCUT2D eigenvalue weighted by Crippen LogP contribution is 2.39. The third-order valence-electron chi connectivity index (χ3n) is 2.37. The topological polar surface area (TPSA) is 29.1 Å². The van der Waals surface area contributed by atoms with Crippen molar-refractivity contribution in [1.82, 2.24) is 5.32 Å². The SMILES string of the molecule is CCNC(=O)C1CSc2ccccc21. The Kier molecular flexibility index (Phi) is 2.77. The Bertz CT molecular complexity index is 351. The molecule has 1 atom stereocenters. The van der Waals surface area contributed by atoms with Crippen LogP contribution in [0.3, 0.4) is 0 Å². The van der Waals surface area contributed by atoms with E-state index in [2.05, 4.69) is 17.4 Å². The average molecular weight is 207 g/mol. The number of fused-ring (bicyclic) bond motifs is 1. The molecule has 3 heteroatoms. The van der Waals surface area contributed by atoms with E-state index in [0.29, 0.717) is 6.54 Å². The van der Waals surface area contributed by atoms with E-state index in [1.165, 1.54) is 10.5 Å². The largest absolute Gasteiger partial charge is 0.356 e. The molecule has 14 heavy (non-hydrogen) atoms. The molecule has 0 saturated heterocycles. The first-order valence-corrected chi connectivity index (χ1v) is 5.81. The molecule has 0 fully saturated rings. The van der Waals surface area contributed by atoms with Gasteiger partial charge in [0, 0.05) is 17.2 Å².